The highest BCUT2D eigenvalue weighted by atomic mass is 16.5. The summed E-state index contributed by atoms with van der Waals surface area (Å²) in [7, 11) is 0. The van der Waals surface area contributed by atoms with Gasteiger partial charge in [-0.1, -0.05) is 69.2 Å². The van der Waals surface area contributed by atoms with Crippen LogP contribution >= 0.6 is 0 Å². The van der Waals surface area contributed by atoms with Crippen LogP contribution in [0.3, 0.4) is 0 Å². The molecule has 33 heavy (non-hydrogen) atoms. The molecule has 0 saturated carbocycles. The van der Waals surface area contributed by atoms with Gasteiger partial charge in [0, 0.05) is 38.1 Å². The van der Waals surface area contributed by atoms with Gasteiger partial charge in [0.25, 0.3) is 0 Å². The highest BCUT2D eigenvalue weighted by Crippen LogP contribution is 2.26. The molecule has 0 N–H and O–H groups in total. The van der Waals surface area contributed by atoms with Gasteiger partial charge in [0.15, 0.2) is 0 Å². The lowest BCUT2D eigenvalue weighted by Crippen LogP contribution is -2.48. The first-order chi connectivity index (χ1) is 16.1. The van der Waals surface area contributed by atoms with E-state index in [1.54, 1.807) is 0 Å². The number of likely N-dealkylation sites (tertiary alicyclic amines) is 1. The third kappa shape index (κ3) is 7.60. The number of amides is 1. The van der Waals surface area contributed by atoms with E-state index in [2.05, 4.69) is 66.1 Å². The zero-order valence-corrected chi connectivity index (χ0v) is 20.8. The van der Waals surface area contributed by atoms with Crippen LogP contribution in [-0.2, 0) is 17.9 Å². The largest absolute Gasteiger partial charge is 0.494 e. The lowest BCUT2D eigenvalue weighted by Gasteiger charge is -2.40. The Morgan fingerprint density at radius 2 is 1.70 bits per heavy atom. The average Bonchev–Trinajstić information content (AvgIpc) is 2.85. The summed E-state index contributed by atoms with van der Waals surface area (Å²) >= 11 is 0. The van der Waals surface area contributed by atoms with Crippen LogP contribution in [0.1, 0.15) is 70.4 Å². The van der Waals surface area contributed by atoms with Crippen LogP contribution in [0.25, 0.3) is 0 Å². The van der Waals surface area contributed by atoms with Gasteiger partial charge in [-0.05, 0) is 55.9 Å². The summed E-state index contributed by atoms with van der Waals surface area (Å²) in [4.78, 5) is 18.4. The van der Waals surface area contributed by atoms with Gasteiger partial charge < -0.3 is 9.64 Å². The van der Waals surface area contributed by atoms with Crippen molar-refractivity contribution in [2.45, 2.75) is 78.4 Å². The molecule has 0 spiro atoms. The minimum Gasteiger partial charge on any atom is -0.494 e. The van der Waals surface area contributed by atoms with Crippen LogP contribution < -0.4 is 4.74 Å². The third-order valence-electron chi connectivity index (χ3n) is 6.87. The molecular weight excluding hydrogens is 408 g/mol. The molecule has 1 saturated heterocycles. The number of ether oxygens (including phenoxy) is 1. The summed E-state index contributed by atoms with van der Waals surface area (Å²) in [6.07, 6.45) is 6.26. The van der Waals surface area contributed by atoms with Gasteiger partial charge in [-0.15, -0.1) is 0 Å². The Labute approximate surface area is 200 Å². The summed E-state index contributed by atoms with van der Waals surface area (Å²) in [6.45, 7) is 10.8. The summed E-state index contributed by atoms with van der Waals surface area (Å²) in [5, 5.41) is 0. The van der Waals surface area contributed by atoms with Crippen LogP contribution in [0.15, 0.2) is 54.6 Å². The van der Waals surface area contributed by atoms with Crippen LogP contribution in [0.2, 0.25) is 0 Å². The van der Waals surface area contributed by atoms with Crippen molar-refractivity contribution in [1.82, 2.24) is 9.80 Å². The Morgan fingerprint density at radius 1 is 1.00 bits per heavy atom. The smallest absolute Gasteiger partial charge is 0.226 e. The molecule has 0 bridgehead atoms. The van der Waals surface area contributed by atoms with E-state index in [1.165, 1.54) is 11.1 Å². The van der Waals surface area contributed by atoms with E-state index in [-0.39, 0.29) is 5.92 Å². The second-order valence-corrected chi connectivity index (χ2v) is 9.28. The van der Waals surface area contributed by atoms with Gasteiger partial charge in [-0.3, -0.25) is 9.69 Å². The first-order valence-corrected chi connectivity index (χ1v) is 12.9. The van der Waals surface area contributed by atoms with E-state index in [9.17, 15) is 4.79 Å². The molecule has 1 aliphatic rings. The van der Waals surface area contributed by atoms with Crippen molar-refractivity contribution in [2.75, 3.05) is 19.7 Å². The molecule has 180 valence electrons. The number of carbonyl (C=O) groups is 1. The fraction of sp³-hybridized carbons (Fsp3) is 0.552. The van der Waals surface area contributed by atoms with E-state index in [0.717, 1.165) is 63.9 Å². The Bertz CT molecular complexity index is 813. The summed E-state index contributed by atoms with van der Waals surface area (Å²) in [6, 6.07) is 19.3. The highest BCUT2D eigenvalue weighted by Gasteiger charge is 2.31. The van der Waals surface area contributed by atoms with E-state index < -0.39 is 0 Å². The monoisotopic (exact) mass is 450 g/mol. The molecule has 1 heterocycles. The fourth-order valence-electron chi connectivity index (χ4n) is 4.86. The maximum Gasteiger partial charge on any atom is 0.226 e. The molecule has 2 aromatic carbocycles. The average molecular weight is 451 g/mol. The molecule has 2 aromatic rings. The summed E-state index contributed by atoms with van der Waals surface area (Å²) in [5.74, 6) is 1.37. The van der Waals surface area contributed by atoms with E-state index in [1.807, 2.05) is 19.1 Å². The molecule has 0 aromatic heterocycles. The number of nitrogens with zero attached hydrogens (tertiary/aromatic N) is 2. The van der Waals surface area contributed by atoms with Crippen molar-refractivity contribution in [3.63, 3.8) is 0 Å². The zero-order valence-electron chi connectivity index (χ0n) is 20.8. The van der Waals surface area contributed by atoms with Crippen LogP contribution in [0, 0.1) is 5.92 Å². The molecule has 1 fully saturated rings. The van der Waals surface area contributed by atoms with Gasteiger partial charge in [0.05, 0.1) is 6.61 Å². The van der Waals surface area contributed by atoms with Crippen LogP contribution in [0.5, 0.6) is 5.75 Å². The second-order valence-electron chi connectivity index (χ2n) is 9.28. The van der Waals surface area contributed by atoms with Crippen LogP contribution in [0.4, 0.5) is 0 Å². The maximum absolute atomic E-state index is 13.7. The molecule has 1 unspecified atom stereocenters. The topological polar surface area (TPSA) is 32.8 Å². The van der Waals surface area contributed by atoms with Crippen molar-refractivity contribution in [2.24, 2.45) is 5.92 Å². The van der Waals surface area contributed by atoms with E-state index >= 15 is 0 Å². The zero-order chi connectivity index (χ0) is 23.5. The first-order valence-electron chi connectivity index (χ1n) is 12.9. The highest BCUT2D eigenvalue weighted by molar-refractivity contribution is 5.79. The Balaban J connectivity index is 1.68. The SMILES string of the molecule is CCCCC(CC)C(=O)N(Cc1ccc(OCC)cc1)C1CCN(Cc2ccccc2)CC1. The van der Waals surface area contributed by atoms with Crippen molar-refractivity contribution in [1.29, 1.82) is 0 Å². The van der Waals surface area contributed by atoms with Gasteiger partial charge in [-0.25, -0.2) is 0 Å². The summed E-state index contributed by atoms with van der Waals surface area (Å²) in [5.41, 5.74) is 2.55. The standard InChI is InChI=1S/C29H42N2O2/c1-4-7-13-26(5-2)29(32)31(23-25-14-16-28(17-15-25)33-6-3)27-18-20-30(21-19-27)22-24-11-9-8-10-12-24/h8-12,14-17,26-27H,4-7,13,18-23H2,1-3H3. The fourth-order valence-corrected chi connectivity index (χ4v) is 4.86. The van der Waals surface area contributed by atoms with Gasteiger partial charge in [0.2, 0.25) is 5.91 Å². The number of rotatable bonds is 12. The molecule has 3 rings (SSSR count). The number of benzene rings is 2. The predicted octanol–water partition coefficient (Wildman–Crippen LogP) is 6.29. The van der Waals surface area contributed by atoms with Crippen molar-refractivity contribution >= 4 is 5.91 Å². The number of carbonyl (C=O) groups excluding carboxylic acids is 1. The van der Waals surface area contributed by atoms with Crippen LogP contribution in [-0.4, -0.2) is 41.4 Å². The minimum absolute atomic E-state index is 0.134. The Hall–Kier alpha value is -2.33. The lowest BCUT2D eigenvalue weighted by molar-refractivity contribution is -0.140. The van der Waals surface area contributed by atoms with Gasteiger partial charge in [-0.2, -0.15) is 0 Å². The minimum atomic E-state index is 0.134. The molecule has 1 aliphatic heterocycles. The quantitative estimate of drug-likeness (QED) is 0.381. The molecule has 4 heteroatoms. The normalized spacial score (nSPS) is 15.8. The lowest BCUT2D eigenvalue weighted by atomic mass is 9.94. The molecule has 0 radical (unpaired) electrons. The maximum atomic E-state index is 13.7. The molecule has 0 aliphatic carbocycles. The number of hydrogen-bond acceptors (Lipinski definition) is 3. The Kier molecular flexibility index (Phi) is 10.3. The first kappa shape index (κ1) is 25.3. The molecule has 4 nitrogen and oxygen atoms in total. The molecule has 1 atom stereocenters. The number of hydrogen-bond donors (Lipinski definition) is 0. The van der Waals surface area contributed by atoms with Crippen molar-refractivity contribution < 1.29 is 9.53 Å². The second kappa shape index (κ2) is 13.4. The molecular formula is C29H42N2O2. The molecule has 1 amide bonds. The summed E-state index contributed by atoms with van der Waals surface area (Å²) < 4.78 is 5.60. The van der Waals surface area contributed by atoms with E-state index in [0.29, 0.717) is 25.1 Å². The van der Waals surface area contributed by atoms with Crippen molar-refractivity contribution in [3.8, 4) is 5.75 Å². The predicted molar refractivity (Wildman–Crippen MR) is 136 cm³/mol. The Morgan fingerprint density at radius 3 is 2.30 bits per heavy atom. The van der Waals surface area contributed by atoms with Gasteiger partial charge in [0.1, 0.15) is 5.75 Å². The van der Waals surface area contributed by atoms with E-state index in [4.69, 9.17) is 4.74 Å². The number of unbranched alkanes of at least 4 members (excludes halogenated alkanes) is 1. The third-order valence-corrected chi connectivity index (χ3v) is 6.87. The van der Waals surface area contributed by atoms with Gasteiger partial charge >= 0.3 is 0 Å². The number of piperidine rings is 1. The van der Waals surface area contributed by atoms with Crippen molar-refractivity contribution in [3.05, 3.63) is 65.7 Å².